The van der Waals surface area contributed by atoms with E-state index in [2.05, 4.69) is 0 Å². The number of methoxy groups -OCH3 is 1. The van der Waals surface area contributed by atoms with Gasteiger partial charge in [-0.25, -0.2) is 26.4 Å². The van der Waals surface area contributed by atoms with Crippen LogP contribution in [-0.2, 0) is 24.8 Å². The van der Waals surface area contributed by atoms with Crippen LogP contribution in [0.3, 0.4) is 0 Å². The number of primary sulfonamides is 1. The van der Waals surface area contributed by atoms with Crippen LogP contribution in [0.5, 0.6) is 0 Å². The van der Waals surface area contributed by atoms with Crippen LogP contribution in [0.15, 0.2) is 28.0 Å². The third-order valence-electron chi connectivity index (χ3n) is 3.29. The predicted octanol–water partition coefficient (Wildman–Crippen LogP) is -0.117. The number of benzene rings is 1. The van der Waals surface area contributed by atoms with Crippen LogP contribution in [0.1, 0.15) is 6.42 Å². The fourth-order valence-corrected chi connectivity index (χ4v) is 4.17. The van der Waals surface area contributed by atoms with E-state index in [-0.39, 0.29) is 19.2 Å². The van der Waals surface area contributed by atoms with Crippen LogP contribution in [0.25, 0.3) is 0 Å². The Morgan fingerprint density at radius 1 is 1.33 bits per heavy atom. The van der Waals surface area contributed by atoms with Gasteiger partial charge in [0.05, 0.1) is 11.0 Å². The number of nitrogens with two attached hydrogens (primary N) is 1. The third kappa shape index (κ3) is 3.24. The molecule has 1 aromatic rings. The van der Waals surface area contributed by atoms with Crippen LogP contribution < -0.4 is 5.14 Å². The lowest BCUT2D eigenvalue weighted by Crippen LogP contribution is -2.30. The Kier molecular flexibility index (Phi) is 4.36. The van der Waals surface area contributed by atoms with Crippen molar-refractivity contribution in [3.63, 3.8) is 0 Å². The molecular weight excluding hydrogens is 323 g/mol. The zero-order chi connectivity index (χ0) is 15.8. The molecule has 10 heteroatoms. The van der Waals surface area contributed by atoms with Gasteiger partial charge in [0.1, 0.15) is 10.7 Å². The number of rotatable bonds is 4. The first-order valence-corrected chi connectivity index (χ1v) is 9.00. The number of halogens is 1. The molecule has 1 aliphatic heterocycles. The minimum absolute atomic E-state index is 0.134. The van der Waals surface area contributed by atoms with Crippen LogP contribution in [0, 0.1) is 5.82 Å². The van der Waals surface area contributed by atoms with Crippen LogP contribution >= 0.6 is 0 Å². The molecule has 0 aromatic heterocycles. The molecule has 21 heavy (non-hydrogen) atoms. The summed E-state index contributed by atoms with van der Waals surface area (Å²) in [5, 5.41) is 4.87. The maximum Gasteiger partial charge on any atom is 0.246 e. The van der Waals surface area contributed by atoms with Crippen molar-refractivity contribution in [3.8, 4) is 0 Å². The predicted molar refractivity (Wildman–Crippen MR) is 71.9 cm³/mol. The molecule has 1 aliphatic rings. The van der Waals surface area contributed by atoms with Gasteiger partial charge in [-0.2, -0.15) is 4.31 Å². The highest BCUT2D eigenvalue weighted by atomic mass is 32.2. The minimum atomic E-state index is -4.09. The van der Waals surface area contributed by atoms with Gasteiger partial charge in [0.25, 0.3) is 0 Å². The average Bonchev–Trinajstić information content (AvgIpc) is 2.86. The summed E-state index contributed by atoms with van der Waals surface area (Å²) < 4.78 is 67.0. The van der Waals surface area contributed by atoms with Crippen molar-refractivity contribution in [2.24, 2.45) is 5.14 Å². The first kappa shape index (κ1) is 16.3. The summed E-state index contributed by atoms with van der Waals surface area (Å²) in [5.74, 6) is -1.15. The van der Waals surface area contributed by atoms with Gasteiger partial charge in [0.2, 0.25) is 20.0 Å². The quantitative estimate of drug-likeness (QED) is 0.824. The molecule has 1 aromatic carbocycles. The Bertz CT molecular complexity index is 748. The topological polar surface area (TPSA) is 107 Å². The zero-order valence-corrected chi connectivity index (χ0v) is 12.8. The summed E-state index contributed by atoms with van der Waals surface area (Å²) in [6, 6.07) is 2.48. The molecule has 7 nitrogen and oxygen atoms in total. The molecule has 0 bridgehead atoms. The molecular formula is C11H15FN2O5S2. The number of sulfonamides is 2. The highest BCUT2D eigenvalue weighted by Crippen LogP contribution is 2.25. The van der Waals surface area contributed by atoms with Crippen molar-refractivity contribution < 1.29 is 26.0 Å². The summed E-state index contributed by atoms with van der Waals surface area (Å²) in [6.45, 7) is 0.354. The smallest absolute Gasteiger partial charge is 0.246 e. The highest BCUT2D eigenvalue weighted by molar-refractivity contribution is 7.89. The molecule has 1 heterocycles. The summed E-state index contributed by atoms with van der Waals surface area (Å²) in [7, 11) is -6.65. The van der Waals surface area contributed by atoms with Crippen molar-refractivity contribution >= 4 is 20.0 Å². The Balaban J connectivity index is 2.38. The van der Waals surface area contributed by atoms with E-state index in [0.717, 1.165) is 16.4 Å². The molecule has 0 saturated carbocycles. The molecule has 118 valence electrons. The largest absolute Gasteiger partial charge is 0.380 e. The number of hydrogen-bond acceptors (Lipinski definition) is 5. The first-order chi connectivity index (χ1) is 9.66. The maximum absolute atomic E-state index is 14.0. The van der Waals surface area contributed by atoms with Crippen molar-refractivity contribution in [1.82, 2.24) is 4.31 Å². The van der Waals surface area contributed by atoms with Gasteiger partial charge < -0.3 is 4.74 Å². The third-order valence-corrected chi connectivity index (χ3v) is 6.10. The lowest BCUT2D eigenvalue weighted by atomic mass is 10.3. The molecule has 0 radical (unpaired) electrons. The summed E-state index contributed by atoms with van der Waals surface area (Å²) in [5.41, 5.74) is 0. The molecule has 1 atom stereocenters. The van der Waals surface area contributed by atoms with E-state index < -0.39 is 35.7 Å². The molecule has 0 amide bonds. The summed E-state index contributed by atoms with van der Waals surface area (Å²) in [6.07, 6.45) is 0.290. The second-order valence-electron chi connectivity index (χ2n) is 4.65. The van der Waals surface area contributed by atoms with E-state index in [4.69, 9.17) is 9.88 Å². The molecule has 2 N–H and O–H groups in total. The summed E-state index contributed by atoms with van der Waals surface area (Å²) in [4.78, 5) is -1.05. The number of ether oxygens (including phenoxy) is 1. The van der Waals surface area contributed by atoms with Crippen molar-refractivity contribution in [2.75, 3.05) is 20.2 Å². The van der Waals surface area contributed by atoms with Crippen LogP contribution in [0.2, 0.25) is 0 Å². The normalized spacial score (nSPS) is 20.8. The average molecular weight is 338 g/mol. The first-order valence-electron chi connectivity index (χ1n) is 6.01. The minimum Gasteiger partial charge on any atom is -0.380 e. The number of nitrogens with zero attached hydrogens (tertiary/aromatic N) is 1. The Morgan fingerprint density at radius 3 is 2.48 bits per heavy atom. The number of hydrogen-bond donors (Lipinski definition) is 1. The van der Waals surface area contributed by atoms with Crippen molar-refractivity contribution in [1.29, 1.82) is 0 Å². The van der Waals surface area contributed by atoms with E-state index in [9.17, 15) is 21.2 Å². The maximum atomic E-state index is 14.0. The van der Waals surface area contributed by atoms with E-state index in [1.54, 1.807) is 0 Å². The van der Waals surface area contributed by atoms with E-state index in [1.165, 1.54) is 7.11 Å². The molecule has 1 unspecified atom stereocenters. The second-order valence-corrected chi connectivity index (χ2v) is 8.11. The van der Waals surface area contributed by atoms with Gasteiger partial charge in [0, 0.05) is 20.2 Å². The van der Waals surface area contributed by atoms with Gasteiger partial charge in [-0.1, -0.05) is 0 Å². The lowest BCUT2D eigenvalue weighted by Gasteiger charge is -2.17. The standard InChI is InChI=1S/C11H15FN2O5S2/c1-19-8-4-5-14(7-8)21(17,18)11-3-2-9(6-10(11)12)20(13,15)16/h2-3,6,8H,4-5,7H2,1H3,(H2,13,15,16). The van der Waals surface area contributed by atoms with E-state index >= 15 is 0 Å². The van der Waals surface area contributed by atoms with Crippen molar-refractivity contribution in [3.05, 3.63) is 24.0 Å². The van der Waals surface area contributed by atoms with Crippen LogP contribution in [0.4, 0.5) is 4.39 Å². The van der Waals surface area contributed by atoms with Crippen molar-refractivity contribution in [2.45, 2.75) is 22.3 Å². The molecule has 0 spiro atoms. The van der Waals surface area contributed by atoms with E-state index in [0.29, 0.717) is 12.5 Å². The summed E-state index contributed by atoms with van der Waals surface area (Å²) >= 11 is 0. The Morgan fingerprint density at radius 2 is 2.00 bits per heavy atom. The van der Waals surface area contributed by atoms with Gasteiger partial charge in [-0.3, -0.25) is 0 Å². The fraction of sp³-hybridized carbons (Fsp3) is 0.455. The fourth-order valence-electron chi connectivity index (χ4n) is 2.12. The SMILES string of the molecule is COC1CCN(S(=O)(=O)c2ccc(S(N)(=O)=O)cc2F)C1. The van der Waals surface area contributed by atoms with Gasteiger partial charge in [-0.05, 0) is 24.6 Å². The lowest BCUT2D eigenvalue weighted by molar-refractivity contribution is 0.115. The molecule has 0 aliphatic carbocycles. The van der Waals surface area contributed by atoms with E-state index in [1.807, 2.05) is 0 Å². The molecule has 1 fully saturated rings. The van der Waals surface area contributed by atoms with Gasteiger partial charge in [-0.15, -0.1) is 0 Å². The van der Waals surface area contributed by atoms with Gasteiger partial charge in [0.15, 0.2) is 0 Å². The highest BCUT2D eigenvalue weighted by Gasteiger charge is 2.34. The monoisotopic (exact) mass is 338 g/mol. The second kappa shape index (κ2) is 5.61. The Labute approximate surface area is 122 Å². The molecule has 1 saturated heterocycles. The Hall–Kier alpha value is -1.07. The molecule has 2 rings (SSSR count). The van der Waals surface area contributed by atoms with Crippen LogP contribution in [-0.4, -0.2) is 47.4 Å². The zero-order valence-electron chi connectivity index (χ0n) is 11.2. The van der Waals surface area contributed by atoms with Gasteiger partial charge >= 0.3 is 0 Å².